The maximum Gasteiger partial charge on any atom is 0.263 e. The van der Waals surface area contributed by atoms with Crippen LogP contribution in [0.15, 0.2) is 81.1 Å². The average molecular weight is 534 g/mol. The Kier molecular flexibility index (Phi) is 6.99. The highest BCUT2D eigenvalue weighted by Gasteiger charge is 2.20. The molecular weight excluding hydrogens is 509 g/mol. The van der Waals surface area contributed by atoms with Crippen molar-refractivity contribution >= 4 is 39.1 Å². The number of ketones is 1. The first-order valence-electron chi connectivity index (χ1n) is 11.6. The van der Waals surface area contributed by atoms with Crippen LogP contribution < -0.4 is 5.56 Å². The lowest BCUT2D eigenvalue weighted by atomic mass is 10.1. The van der Waals surface area contributed by atoms with Crippen LogP contribution in [0.4, 0.5) is 4.39 Å². The van der Waals surface area contributed by atoms with E-state index in [0.717, 1.165) is 22.7 Å². The van der Waals surface area contributed by atoms with E-state index in [2.05, 4.69) is 11.1 Å². The van der Waals surface area contributed by atoms with Crippen molar-refractivity contribution in [3.8, 4) is 11.1 Å². The first-order valence-corrected chi connectivity index (χ1v) is 13.5. The Bertz CT molecular complexity index is 1660. The number of hydrogen-bond acceptors (Lipinski definition) is 6. The molecule has 4 heterocycles. The summed E-state index contributed by atoms with van der Waals surface area (Å²) in [6.07, 6.45) is 3.27. The molecule has 37 heavy (non-hydrogen) atoms. The van der Waals surface area contributed by atoms with Crippen LogP contribution in [0.25, 0.3) is 21.3 Å². The molecule has 9 heteroatoms. The number of rotatable bonds is 9. The van der Waals surface area contributed by atoms with Crippen molar-refractivity contribution in [2.24, 2.45) is 0 Å². The van der Waals surface area contributed by atoms with Crippen molar-refractivity contribution in [2.45, 2.75) is 32.1 Å². The number of thioether (sulfide) groups is 1. The van der Waals surface area contributed by atoms with Gasteiger partial charge in [-0.05, 0) is 49.7 Å². The Morgan fingerprint density at radius 2 is 2.00 bits per heavy atom. The standard InChI is InChI=1S/C28H24FN3O3S2/c1-4-11-31-27(34)25-23(19-7-9-20(29)10-8-19)15-36-26(25)30-28(31)37-16-24(33)22-13-17(2)32(18(22)3)14-21-6-5-12-35-21/h4-10,12-13,15H,1,11,14,16H2,2-3H3. The van der Waals surface area contributed by atoms with Gasteiger partial charge in [-0.3, -0.25) is 14.2 Å². The lowest BCUT2D eigenvalue weighted by Crippen LogP contribution is -2.23. The molecule has 188 valence electrons. The van der Waals surface area contributed by atoms with Gasteiger partial charge < -0.3 is 8.98 Å². The van der Waals surface area contributed by atoms with Gasteiger partial charge in [0.2, 0.25) is 0 Å². The van der Waals surface area contributed by atoms with E-state index in [0.29, 0.717) is 33.0 Å². The van der Waals surface area contributed by atoms with Gasteiger partial charge in [0.15, 0.2) is 10.9 Å². The summed E-state index contributed by atoms with van der Waals surface area (Å²) in [5, 5.41) is 2.80. The monoisotopic (exact) mass is 533 g/mol. The SMILES string of the molecule is C=CCn1c(SCC(=O)c2cc(C)n(Cc3ccco3)c2C)nc2scc(-c3ccc(F)cc3)c2c1=O. The number of hydrogen-bond donors (Lipinski definition) is 0. The minimum Gasteiger partial charge on any atom is -0.467 e. The topological polar surface area (TPSA) is 70.0 Å². The van der Waals surface area contributed by atoms with E-state index >= 15 is 0 Å². The zero-order chi connectivity index (χ0) is 26.1. The molecule has 5 rings (SSSR count). The van der Waals surface area contributed by atoms with Crippen LogP contribution in [-0.2, 0) is 13.1 Å². The molecule has 0 aliphatic rings. The lowest BCUT2D eigenvalue weighted by molar-refractivity contribution is 0.102. The van der Waals surface area contributed by atoms with Gasteiger partial charge >= 0.3 is 0 Å². The number of halogens is 1. The molecule has 4 aromatic heterocycles. The van der Waals surface area contributed by atoms with Gasteiger partial charge in [-0.15, -0.1) is 17.9 Å². The number of thiophene rings is 1. The third-order valence-corrected chi connectivity index (χ3v) is 8.07. The molecule has 0 spiro atoms. The molecule has 0 aliphatic heterocycles. The number of Topliss-reactive ketones (excluding diaryl/α,β-unsaturated/α-hetero) is 1. The number of aromatic nitrogens is 3. The summed E-state index contributed by atoms with van der Waals surface area (Å²) in [6, 6.07) is 11.7. The van der Waals surface area contributed by atoms with Crippen LogP contribution in [0.1, 0.15) is 27.5 Å². The molecule has 0 N–H and O–H groups in total. The summed E-state index contributed by atoms with van der Waals surface area (Å²) in [7, 11) is 0. The molecule has 6 nitrogen and oxygen atoms in total. The fraction of sp³-hybridized carbons (Fsp3) is 0.179. The Morgan fingerprint density at radius 1 is 1.22 bits per heavy atom. The lowest BCUT2D eigenvalue weighted by Gasteiger charge is -2.11. The number of carbonyl (C=O) groups is 1. The number of nitrogens with zero attached hydrogens (tertiary/aromatic N) is 3. The van der Waals surface area contributed by atoms with E-state index in [1.165, 1.54) is 39.8 Å². The third kappa shape index (κ3) is 4.84. The second kappa shape index (κ2) is 10.4. The van der Waals surface area contributed by atoms with E-state index in [1.54, 1.807) is 24.5 Å². The second-order valence-corrected chi connectivity index (χ2v) is 10.4. The number of allylic oxidation sites excluding steroid dienone is 1. The summed E-state index contributed by atoms with van der Waals surface area (Å²) >= 11 is 2.59. The van der Waals surface area contributed by atoms with Crippen LogP contribution in [0.5, 0.6) is 0 Å². The van der Waals surface area contributed by atoms with Crippen molar-refractivity contribution in [1.29, 1.82) is 0 Å². The normalized spacial score (nSPS) is 11.3. The first kappa shape index (κ1) is 25.0. The number of benzene rings is 1. The van der Waals surface area contributed by atoms with Gasteiger partial charge in [-0.1, -0.05) is 30.0 Å². The van der Waals surface area contributed by atoms with Crippen molar-refractivity contribution in [1.82, 2.24) is 14.1 Å². The first-order chi connectivity index (χ1) is 17.9. The van der Waals surface area contributed by atoms with E-state index in [4.69, 9.17) is 9.40 Å². The van der Waals surface area contributed by atoms with Crippen molar-refractivity contribution in [3.63, 3.8) is 0 Å². The highest BCUT2D eigenvalue weighted by molar-refractivity contribution is 7.99. The molecule has 5 aromatic rings. The van der Waals surface area contributed by atoms with Crippen LogP contribution in [0, 0.1) is 19.7 Å². The molecule has 0 amide bonds. The highest BCUT2D eigenvalue weighted by Crippen LogP contribution is 2.32. The number of furan rings is 1. The summed E-state index contributed by atoms with van der Waals surface area (Å²) in [5.74, 6) is 0.574. The van der Waals surface area contributed by atoms with Crippen molar-refractivity contribution < 1.29 is 13.6 Å². The zero-order valence-corrected chi connectivity index (χ0v) is 22.0. The average Bonchev–Trinajstić information content (AvgIpc) is 3.62. The zero-order valence-electron chi connectivity index (χ0n) is 20.4. The van der Waals surface area contributed by atoms with Crippen LogP contribution in [0.3, 0.4) is 0 Å². The van der Waals surface area contributed by atoms with Crippen LogP contribution in [-0.4, -0.2) is 25.7 Å². The number of carbonyl (C=O) groups excluding carboxylic acids is 1. The van der Waals surface area contributed by atoms with E-state index in [9.17, 15) is 14.0 Å². The summed E-state index contributed by atoms with van der Waals surface area (Å²) in [6.45, 7) is 8.48. The van der Waals surface area contributed by atoms with Gasteiger partial charge in [-0.25, -0.2) is 9.37 Å². The Balaban J connectivity index is 1.44. The fourth-order valence-corrected chi connectivity index (χ4v) is 6.22. The summed E-state index contributed by atoms with van der Waals surface area (Å²) in [5.41, 5.74) is 3.73. The molecule has 0 fully saturated rings. The number of aryl methyl sites for hydroxylation is 1. The predicted molar refractivity (Wildman–Crippen MR) is 146 cm³/mol. The molecule has 0 unspecified atom stereocenters. The van der Waals surface area contributed by atoms with Crippen LogP contribution >= 0.6 is 23.1 Å². The van der Waals surface area contributed by atoms with Gasteiger partial charge in [0.1, 0.15) is 16.4 Å². The molecule has 0 saturated carbocycles. The minimum atomic E-state index is -0.337. The number of fused-ring (bicyclic) bond motifs is 1. The fourth-order valence-electron chi connectivity index (χ4n) is 4.34. The Morgan fingerprint density at radius 3 is 2.70 bits per heavy atom. The minimum absolute atomic E-state index is 0.0403. The van der Waals surface area contributed by atoms with E-state index in [-0.39, 0.29) is 29.5 Å². The highest BCUT2D eigenvalue weighted by atomic mass is 32.2. The van der Waals surface area contributed by atoms with Gasteiger partial charge in [0.25, 0.3) is 5.56 Å². The van der Waals surface area contributed by atoms with Gasteiger partial charge in [-0.2, -0.15) is 0 Å². The summed E-state index contributed by atoms with van der Waals surface area (Å²) in [4.78, 5) is 32.1. The second-order valence-electron chi connectivity index (χ2n) is 8.60. The molecule has 0 atom stereocenters. The predicted octanol–water partition coefficient (Wildman–Crippen LogP) is 6.48. The molecule has 0 saturated heterocycles. The molecule has 0 bridgehead atoms. The smallest absolute Gasteiger partial charge is 0.263 e. The molecule has 0 aliphatic carbocycles. The Labute approximate surface area is 221 Å². The van der Waals surface area contributed by atoms with Gasteiger partial charge in [0, 0.05) is 34.4 Å². The quantitative estimate of drug-likeness (QED) is 0.0938. The maximum atomic E-state index is 13.5. The van der Waals surface area contributed by atoms with E-state index < -0.39 is 0 Å². The van der Waals surface area contributed by atoms with Crippen molar-refractivity contribution in [2.75, 3.05) is 5.75 Å². The van der Waals surface area contributed by atoms with Gasteiger partial charge in [0.05, 0.1) is 23.9 Å². The molecule has 1 aromatic carbocycles. The van der Waals surface area contributed by atoms with Crippen molar-refractivity contribution in [3.05, 3.63) is 106 Å². The largest absolute Gasteiger partial charge is 0.467 e. The maximum absolute atomic E-state index is 13.5. The van der Waals surface area contributed by atoms with E-state index in [1.807, 2.05) is 37.4 Å². The van der Waals surface area contributed by atoms with Crippen LogP contribution in [0.2, 0.25) is 0 Å². The summed E-state index contributed by atoms with van der Waals surface area (Å²) < 4.78 is 22.5. The third-order valence-electron chi connectivity index (χ3n) is 6.23. The Hall–Kier alpha value is -3.69. The molecule has 0 radical (unpaired) electrons. The molecular formula is C28H24FN3O3S2.